The summed E-state index contributed by atoms with van der Waals surface area (Å²) >= 11 is 0. The van der Waals surface area contributed by atoms with Gasteiger partial charge in [0.2, 0.25) is 0 Å². The van der Waals surface area contributed by atoms with E-state index < -0.39 is 6.10 Å². The molecule has 4 rings (SSSR count). The Morgan fingerprint density at radius 2 is 1.71 bits per heavy atom. The molecule has 0 saturated heterocycles. The average Bonchev–Trinajstić information content (AvgIpc) is 3.00. The van der Waals surface area contributed by atoms with Gasteiger partial charge in [-0.05, 0) is 34.9 Å². The van der Waals surface area contributed by atoms with Crippen molar-refractivity contribution in [3.63, 3.8) is 0 Å². The highest BCUT2D eigenvalue weighted by molar-refractivity contribution is 5.86. The van der Waals surface area contributed by atoms with E-state index in [4.69, 9.17) is 0 Å². The first kappa shape index (κ1) is 14.9. The predicted octanol–water partition coefficient (Wildman–Crippen LogP) is 4.68. The molecule has 3 aromatic carbocycles. The molecule has 0 aliphatic heterocycles. The predicted molar refractivity (Wildman–Crippen MR) is 98.0 cm³/mol. The van der Waals surface area contributed by atoms with Gasteiger partial charge in [0.25, 0.3) is 0 Å². The summed E-state index contributed by atoms with van der Waals surface area (Å²) in [5.41, 5.74) is 3.23. The van der Waals surface area contributed by atoms with Gasteiger partial charge < -0.3 is 9.67 Å². The Kier molecular flexibility index (Phi) is 3.79. The van der Waals surface area contributed by atoms with Crippen LogP contribution in [0.1, 0.15) is 30.8 Å². The van der Waals surface area contributed by atoms with Crippen molar-refractivity contribution >= 4 is 21.8 Å². The van der Waals surface area contributed by atoms with E-state index in [2.05, 4.69) is 58.1 Å². The lowest BCUT2D eigenvalue weighted by atomic mass is 10.0. The molecule has 0 spiro atoms. The number of benzene rings is 3. The molecule has 0 aliphatic carbocycles. The molecular weight excluding hydrogens is 296 g/mol. The van der Waals surface area contributed by atoms with Crippen molar-refractivity contribution in [1.29, 1.82) is 0 Å². The van der Waals surface area contributed by atoms with Gasteiger partial charge in [0.15, 0.2) is 0 Å². The molecule has 120 valence electrons. The number of aliphatic hydroxyl groups excluding tert-OH is 1. The van der Waals surface area contributed by atoms with Crippen molar-refractivity contribution < 1.29 is 5.11 Å². The van der Waals surface area contributed by atoms with E-state index in [0.29, 0.717) is 13.0 Å². The van der Waals surface area contributed by atoms with Crippen LogP contribution in [0.2, 0.25) is 0 Å². The Morgan fingerprint density at radius 1 is 0.958 bits per heavy atom. The zero-order valence-corrected chi connectivity index (χ0v) is 13.7. The van der Waals surface area contributed by atoms with Crippen LogP contribution in [0.25, 0.3) is 21.8 Å². The van der Waals surface area contributed by atoms with Gasteiger partial charge >= 0.3 is 0 Å². The number of para-hydroxylation sites is 2. The summed E-state index contributed by atoms with van der Waals surface area (Å²) in [5.74, 6) is 0.742. The molecule has 0 bridgehead atoms. The fourth-order valence-electron chi connectivity index (χ4n) is 3.30. The Balaban J connectivity index is 1.89. The highest BCUT2D eigenvalue weighted by Gasteiger charge is 2.17. The van der Waals surface area contributed by atoms with Crippen molar-refractivity contribution in [2.75, 3.05) is 0 Å². The van der Waals surface area contributed by atoms with E-state index in [0.717, 1.165) is 16.9 Å². The lowest BCUT2D eigenvalue weighted by Crippen LogP contribution is -2.09. The highest BCUT2D eigenvalue weighted by atomic mass is 16.3. The maximum absolute atomic E-state index is 10.4. The summed E-state index contributed by atoms with van der Waals surface area (Å²) in [4.78, 5) is 4.67. The van der Waals surface area contributed by atoms with Crippen molar-refractivity contribution in [2.24, 2.45) is 0 Å². The van der Waals surface area contributed by atoms with Crippen LogP contribution in [0.3, 0.4) is 0 Å². The number of aromatic nitrogens is 2. The zero-order chi connectivity index (χ0) is 16.5. The minimum absolute atomic E-state index is 0.549. The molecule has 0 amide bonds. The van der Waals surface area contributed by atoms with Gasteiger partial charge in [-0.2, -0.15) is 0 Å². The van der Waals surface area contributed by atoms with Crippen molar-refractivity contribution in [2.45, 2.75) is 26.0 Å². The molecule has 0 aliphatic rings. The Labute approximate surface area is 141 Å². The van der Waals surface area contributed by atoms with Gasteiger partial charge in [-0.1, -0.05) is 61.5 Å². The third kappa shape index (κ3) is 2.47. The smallest absolute Gasteiger partial charge is 0.139 e. The van der Waals surface area contributed by atoms with Crippen LogP contribution in [0.5, 0.6) is 0 Å². The van der Waals surface area contributed by atoms with Gasteiger partial charge in [-0.25, -0.2) is 4.98 Å². The van der Waals surface area contributed by atoms with E-state index in [1.54, 1.807) is 0 Å². The first-order chi connectivity index (χ1) is 11.8. The monoisotopic (exact) mass is 316 g/mol. The summed E-state index contributed by atoms with van der Waals surface area (Å²) in [6.45, 7) is 2.68. The van der Waals surface area contributed by atoms with Crippen LogP contribution < -0.4 is 0 Å². The molecule has 1 aromatic heterocycles. The second-order valence-corrected chi connectivity index (χ2v) is 6.11. The van der Waals surface area contributed by atoms with Crippen LogP contribution in [0.15, 0.2) is 66.7 Å². The van der Waals surface area contributed by atoms with Gasteiger partial charge in [-0.15, -0.1) is 0 Å². The minimum atomic E-state index is -0.549. The second-order valence-electron chi connectivity index (χ2n) is 6.11. The molecule has 0 radical (unpaired) electrons. The van der Waals surface area contributed by atoms with Crippen LogP contribution >= 0.6 is 0 Å². The quantitative estimate of drug-likeness (QED) is 0.593. The first-order valence-electron chi connectivity index (χ1n) is 8.38. The third-order valence-electron chi connectivity index (χ3n) is 4.58. The summed E-state index contributed by atoms with van der Waals surface area (Å²) in [6.07, 6.45) is 0.103. The molecule has 3 heteroatoms. The number of hydrogen-bond acceptors (Lipinski definition) is 2. The van der Waals surface area contributed by atoms with Gasteiger partial charge in [-0.3, -0.25) is 0 Å². The normalized spacial score (nSPS) is 12.8. The summed E-state index contributed by atoms with van der Waals surface area (Å²) < 4.78 is 2.14. The number of hydrogen-bond donors (Lipinski definition) is 1. The molecule has 1 atom stereocenters. The lowest BCUT2D eigenvalue weighted by Gasteiger charge is -2.14. The average molecular weight is 316 g/mol. The largest absolute Gasteiger partial charge is 0.385 e. The Morgan fingerprint density at radius 3 is 2.58 bits per heavy atom. The SMILES string of the molecule is CC[C@@H](O)c1nc2ccccc2n1Cc1cccc2ccccc12. The van der Waals surface area contributed by atoms with E-state index >= 15 is 0 Å². The number of aliphatic hydroxyl groups is 1. The van der Waals surface area contributed by atoms with Gasteiger partial charge in [0, 0.05) is 0 Å². The maximum Gasteiger partial charge on any atom is 0.139 e. The van der Waals surface area contributed by atoms with Gasteiger partial charge in [0.1, 0.15) is 11.9 Å². The third-order valence-corrected chi connectivity index (χ3v) is 4.58. The summed E-state index contributed by atoms with van der Waals surface area (Å²) in [7, 11) is 0. The number of nitrogens with zero attached hydrogens (tertiary/aromatic N) is 2. The second kappa shape index (κ2) is 6.10. The summed E-state index contributed by atoms with van der Waals surface area (Å²) in [5, 5.41) is 12.9. The van der Waals surface area contributed by atoms with E-state index in [-0.39, 0.29) is 0 Å². The Hall–Kier alpha value is -2.65. The zero-order valence-electron chi connectivity index (χ0n) is 13.7. The molecule has 0 saturated carbocycles. The molecule has 24 heavy (non-hydrogen) atoms. The van der Waals surface area contributed by atoms with Gasteiger partial charge in [0.05, 0.1) is 17.6 Å². The van der Waals surface area contributed by atoms with Crippen molar-refractivity contribution in [3.8, 4) is 0 Å². The Bertz CT molecular complexity index is 998. The number of rotatable bonds is 4. The first-order valence-corrected chi connectivity index (χ1v) is 8.38. The maximum atomic E-state index is 10.4. The topological polar surface area (TPSA) is 38.1 Å². The van der Waals surface area contributed by atoms with Crippen LogP contribution in [0, 0.1) is 0 Å². The van der Waals surface area contributed by atoms with Crippen LogP contribution in [0.4, 0.5) is 0 Å². The fraction of sp³-hybridized carbons (Fsp3) is 0.190. The van der Waals surface area contributed by atoms with Crippen molar-refractivity contribution in [3.05, 3.63) is 78.1 Å². The molecule has 0 fully saturated rings. The van der Waals surface area contributed by atoms with E-state index in [1.165, 1.54) is 16.3 Å². The summed E-state index contributed by atoms with van der Waals surface area (Å²) in [6, 6.07) is 22.9. The number of fused-ring (bicyclic) bond motifs is 2. The fourth-order valence-corrected chi connectivity index (χ4v) is 3.30. The molecule has 1 heterocycles. The molecular formula is C21H20N2O. The van der Waals surface area contributed by atoms with E-state index in [1.807, 2.05) is 25.1 Å². The lowest BCUT2D eigenvalue weighted by molar-refractivity contribution is 0.160. The minimum Gasteiger partial charge on any atom is -0.385 e. The molecule has 4 aromatic rings. The van der Waals surface area contributed by atoms with Crippen molar-refractivity contribution in [1.82, 2.24) is 9.55 Å². The number of imidazole rings is 1. The highest BCUT2D eigenvalue weighted by Crippen LogP contribution is 2.26. The van der Waals surface area contributed by atoms with Crippen LogP contribution in [-0.2, 0) is 6.54 Å². The van der Waals surface area contributed by atoms with E-state index in [9.17, 15) is 5.11 Å². The molecule has 0 unspecified atom stereocenters. The standard InChI is InChI=1S/C21H20N2O/c1-2-20(24)21-22-18-12-5-6-13-19(18)23(21)14-16-10-7-9-15-8-3-4-11-17(15)16/h3-13,20,24H,2,14H2,1H3/t20-/m1/s1. The molecule has 1 N–H and O–H groups in total. The molecule has 3 nitrogen and oxygen atoms in total. The van der Waals surface area contributed by atoms with Crippen LogP contribution in [-0.4, -0.2) is 14.7 Å².